The predicted octanol–water partition coefficient (Wildman–Crippen LogP) is 4.50. The average Bonchev–Trinajstić information content (AvgIpc) is 2.77. The van der Waals surface area contributed by atoms with Crippen LogP contribution in [0.25, 0.3) is 6.08 Å². The molecule has 0 spiro atoms. The molecule has 6 nitrogen and oxygen atoms in total. The SMILES string of the molecule is CC(=O)Oc1cccc(C(=O)NCc2cccc(NC(=O)/C=C/c3ccc(C)cc3)c2)c1. The van der Waals surface area contributed by atoms with Crippen LogP contribution in [0.2, 0.25) is 0 Å². The van der Waals surface area contributed by atoms with Gasteiger partial charge in [0.05, 0.1) is 0 Å². The molecule has 3 rings (SSSR count). The number of carbonyl (C=O) groups is 3. The molecule has 0 aliphatic rings. The third-order valence-electron chi connectivity index (χ3n) is 4.51. The molecule has 0 bridgehead atoms. The van der Waals surface area contributed by atoms with Crippen molar-refractivity contribution in [2.45, 2.75) is 20.4 Å². The smallest absolute Gasteiger partial charge is 0.308 e. The van der Waals surface area contributed by atoms with Gasteiger partial charge in [0.2, 0.25) is 5.91 Å². The summed E-state index contributed by atoms with van der Waals surface area (Å²) >= 11 is 0. The lowest BCUT2D eigenvalue weighted by molar-refractivity contribution is -0.131. The van der Waals surface area contributed by atoms with Gasteiger partial charge in [0.25, 0.3) is 5.91 Å². The number of aryl methyl sites for hydroxylation is 1. The molecule has 3 aromatic carbocycles. The van der Waals surface area contributed by atoms with Crippen molar-refractivity contribution in [1.82, 2.24) is 5.32 Å². The Bertz CT molecular complexity index is 1150. The molecule has 0 unspecified atom stereocenters. The number of anilines is 1. The van der Waals surface area contributed by atoms with Crippen molar-refractivity contribution in [2.75, 3.05) is 5.32 Å². The second kappa shape index (κ2) is 10.7. The number of hydrogen-bond donors (Lipinski definition) is 2. The fraction of sp³-hybridized carbons (Fsp3) is 0.115. The summed E-state index contributed by atoms with van der Waals surface area (Å²) in [5.74, 6) is -0.674. The monoisotopic (exact) mass is 428 g/mol. The van der Waals surface area contributed by atoms with Gasteiger partial charge in [-0.25, -0.2) is 0 Å². The number of amides is 2. The molecule has 2 N–H and O–H groups in total. The normalized spacial score (nSPS) is 10.6. The van der Waals surface area contributed by atoms with Crippen LogP contribution < -0.4 is 15.4 Å². The molecule has 2 amide bonds. The molecule has 162 valence electrons. The molecule has 0 atom stereocenters. The van der Waals surface area contributed by atoms with Crippen LogP contribution in [0.15, 0.2) is 78.9 Å². The minimum absolute atomic E-state index is 0.242. The van der Waals surface area contributed by atoms with Crippen LogP contribution in [0.4, 0.5) is 5.69 Å². The summed E-state index contributed by atoms with van der Waals surface area (Å²) in [6, 6.07) is 21.5. The number of esters is 1. The zero-order chi connectivity index (χ0) is 22.9. The zero-order valence-corrected chi connectivity index (χ0v) is 17.9. The maximum atomic E-state index is 12.4. The van der Waals surface area contributed by atoms with E-state index >= 15 is 0 Å². The average molecular weight is 428 g/mol. The molecule has 0 saturated heterocycles. The molecular weight excluding hydrogens is 404 g/mol. The third-order valence-corrected chi connectivity index (χ3v) is 4.51. The largest absolute Gasteiger partial charge is 0.427 e. The predicted molar refractivity (Wildman–Crippen MR) is 124 cm³/mol. The van der Waals surface area contributed by atoms with Crippen molar-refractivity contribution in [3.63, 3.8) is 0 Å². The van der Waals surface area contributed by atoms with Gasteiger partial charge in [0.1, 0.15) is 5.75 Å². The highest BCUT2D eigenvalue weighted by molar-refractivity contribution is 6.02. The van der Waals surface area contributed by atoms with Crippen LogP contribution in [0, 0.1) is 6.92 Å². The summed E-state index contributed by atoms with van der Waals surface area (Å²) in [7, 11) is 0. The van der Waals surface area contributed by atoms with E-state index in [1.807, 2.05) is 43.3 Å². The molecule has 6 heteroatoms. The van der Waals surface area contributed by atoms with E-state index in [4.69, 9.17) is 4.74 Å². The molecule has 0 radical (unpaired) electrons. The van der Waals surface area contributed by atoms with Crippen LogP contribution in [-0.2, 0) is 16.1 Å². The highest BCUT2D eigenvalue weighted by atomic mass is 16.5. The number of benzene rings is 3. The van der Waals surface area contributed by atoms with Crippen LogP contribution in [0.5, 0.6) is 5.75 Å². The van der Waals surface area contributed by atoms with Gasteiger partial charge in [-0.1, -0.05) is 48.0 Å². The minimum Gasteiger partial charge on any atom is -0.427 e. The topological polar surface area (TPSA) is 84.5 Å². The maximum Gasteiger partial charge on any atom is 0.308 e. The maximum absolute atomic E-state index is 12.4. The molecule has 0 aromatic heterocycles. The summed E-state index contributed by atoms with van der Waals surface area (Å²) in [6.07, 6.45) is 3.23. The lowest BCUT2D eigenvalue weighted by atomic mass is 10.1. The van der Waals surface area contributed by atoms with Crippen molar-refractivity contribution >= 4 is 29.5 Å². The summed E-state index contributed by atoms with van der Waals surface area (Å²) in [6.45, 7) is 3.59. The first kappa shape index (κ1) is 22.5. The molecular formula is C26H24N2O4. The number of nitrogens with one attached hydrogen (secondary N) is 2. The van der Waals surface area contributed by atoms with Gasteiger partial charge in [-0.3, -0.25) is 14.4 Å². The first-order chi connectivity index (χ1) is 15.4. The Balaban J connectivity index is 1.56. The Kier molecular flexibility index (Phi) is 7.54. The van der Waals surface area contributed by atoms with E-state index in [1.54, 1.807) is 36.4 Å². The van der Waals surface area contributed by atoms with Gasteiger partial charge in [-0.2, -0.15) is 0 Å². The van der Waals surface area contributed by atoms with E-state index in [-0.39, 0.29) is 18.4 Å². The van der Waals surface area contributed by atoms with Gasteiger partial charge in [-0.05, 0) is 54.5 Å². The van der Waals surface area contributed by atoms with E-state index < -0.39 is 5.97 Å². The fourth-order valence-electron chi connectivity index (χ4n) is 2.94. The quantitative estimate of drug-likeness (QED) is 0.330. The molecule has 0 heterocycles. The zero-order valence-electron chi connectivity index (χ0n) is 17.9. The van der Waals surface area contributed by atoms with Crippen LogP contribution in [0.3, 0.4) is 0 Å². The Morgan fingerprint density at radius 2 is 1.69 bits per heavy atom. The van der Waals surface area contributed by atoms with Crippen molar-refractivity contribution in [2.24, 2.45) is 0 Å². The summed E-state index contributed by atoms with van der Waals surface area (Å²) in [4.78, 5) is 35.7. The number of ether oxygens (including phenoxy) is 1. The second-order valence-electron chi connectivity index (χ2n) is 7.24. The minimum atomic E-state index is -0.449. The van der Waals surface area contributed by atoms with Gasteiger partial charge in [0, 0.05) is 30.8 Å². The number of rotatable bonds is 7. The van der Waals surface area contributed by atoms with Gasteiger partial charge < -0.3 is 15.4 Å². The van der Waals surface area contributed by atoms with Crippen LogP contribution >= 0.6 is 0 Å². The van der Waals surface area contributed by atoms with Crippen LogP contribution in [-0.4, -0.2) is 17.8 Å². The number of hydrogen-bond acceptors (Lipinski definition) is 4. The Morgan fingerprint density at radius 3 is 2.44 bits per heavy atom. The lowest BCUT2D eigenvalue weighted by Gasteiger charge is -2.09. The first-order valence-corrected chi connectivity index (χ1v) is 10.1. The highest BCUT2D eigenvalue weighted by Crippen LogP contribution is 2.15. The third kappa shape index (κ3) is 6.95. The van der Waals surface area contributed by atoms with Crippen molar-refractivity contribution in [3.8, 4) is 5.75 Å². The van der Waals surface area contributed by atoms with E-state index in [0.717, 1.165) is 16.7 Å². The van der Waals surface area contributed by atoms with Crippen molar-refractivity contribution < 1.29 is 19.1 Å². The standard InChI is InChI=1S/C26H24N2O4/c1-18-9-11-20(12-10-18)13-14-25(30)28-23-7-3-5-21(15-23)17-27-26(31)22-6-4-8-24(16-22)32-19(2)29/h3-16H,17H2,1-2H3,(H,27,31)(H,28,30)/b14-13+. The molecule has 0 aliphatic carbocycles. The summed E-state index contributed by atoms with van der Waals surface area (Å²) < 4.78 is 5.01. The van der Waals surface area contributed by atoms with Gasteiger partial charge in [-0.15, -0.1) is 0 Å². The van der Waals surface area contributed by atoms with Gasteiger partial charge in [0.15, 0.2) is 0 Å². The Labute approximate surface area is 186 Å². The molecule has 3 aromatic rings. The summed E-state index contributed by atoms with van der Waals surface area (Å²) in [5.41, 5.74) is 3.95. The highest BCUT2D eigenvalue weighted by Gasteiger charge is 2.08. The van der Waals surface area contributed by atoms with E-state index in [0.29, 0.717) is 17.0 Å². The summed E-state index contributed by atoms with van der Waals surface area (Å²) in [5, 5.41) is 5.64. The molecule has 0 aliphatic heterocycles. The lowest BCUT2D eigenvalue weighted by Crippen LogP contribution is -2.23. The van der Waals surface area contributed by atoms with Gasteiger partial charge >= 0.3 is 5.97 Å². The number of carbonyl (C=O) groups excluding carboxylic acids is 3. The fourth-order valence-corrected chi connectivity index (χ4v) is 2.94. The second-order valence-corrected chi connectivity index (χ2v) is 7.24. The molecule has 32 heavy (non-hydrogen) atoms. The van der Waals surface area contributed by atoms with E-state index in [2.05, 4.69) is 10.6 Å². The first-order valence-electron chi connectivity index (χ1n) is 10.1. The van der Waals surface area contributed by atoms with E-state index in [1.165, 1.54) is 19.1 Å². The van der Waals surface area contributed by atoms with Crippen LogP contribution in [0.1, 0.15) is 34.0 Å². The molecule has 0 saturated carbocycles. The van der Waals surface area contributed by atoms with E-state index in [9.17, 15) is 14.4 Å². The Hall–Kier alpha value is -4.19. The Morgan fingerprint density at radius 1 is 0.938 bits per heavy atom. The van der Waals surface area contributed by atoms with Crippen molar-refractivity contribution in [3.05, 3.63) is 101 Å². The van der Waals surface area contributed by atoms with Crippen molar-refractivity contribution in [1.29, 1.82) is 0 Å². The molecule has 0 fully saturated rings.